The van der Waals surface area contributed by atoms with Crippen LogP contribution in [0, 0.1) is 0 Å². The number of phenols is 5. The quantitative estimate of drug-likeness (QED) is 0.0799. The van der Waals surface area contributed by atoms with Crippen molar-refractivity contribution in [2.45, 2.75) is 12.7 Å². The first kappa shape index (κ1) is 24.0. The average molecular weight is 492 g/mol. The van der Waals surface area contributed by atoms with Crippen LogP contribution in [0.3, 0.4) is 0 Å². The lowest BCUT2D eigenvalue weighted by Crippen LogP contribution is -2.22. The lowest BCUT2D eigenvalue weighted by molar-refractivity contribution is -0.174. The Morgan fingerprint density at radius 1 is 0.861 bits per heavy atom. The van der Waals surface area contributed by atoms with Crippen LogP contribution in [0.15, 0.2) is 65.1 Å². The largest absolute Gasteiger partial charge is 0.504 e. The summed E-state index contributed by atoms with van der Waals surface area (Å²) in [4.78, 5) is 23.2. The van der Waals surface area contributed by atoms with Crippen molar-refractivity contribution in [3.63, 3.8) is 0 Å². The molecular weight excluding hydrogens is 472 g/mol. The Morgan fingerprint density at radius 3 is 2.25 bits per heavy atom. The third kappa shape index (κ3) is 5.17. The third-order valence-electron chi connectivity index (χ3n) is 5.25. The van der Waals surface area contributed by atoms with E-state index in [0.717, 1.165) is 6.08 Å². The van der Waals surface area contributed by atoms with Gasteiger partial charge in [0, 0.05) is 23.4 Å². The molecule has 1 aromatic heterocycles. The van der Waals surface area contributed by atoms with E-state index in [1.165, 1.54) is 48.5 Å². The van der Waals surface area contributed by atoms with Gasteiger partial charge in [0.25, 0.3) is 12.8 Å². The van der Waals surface area contributed by atoms with E-state index in [0.29, 0.717) is 27.8 Å². The topological polar surface area (TPSA) is 167 Å². The fourth-order valence-electron chi connectivity index (χ4n) is 3.49. The molecule has 0 saturated heterocycles. The van der Waals surface area contributed by atoms with E-state index in [4.69, 9.17) is 13.9 Å². The first-order valence-corrected chi connectivity index (χ1v) is 10.5. The number of carbonyl (C=O) groups excluding carboxylic acids is 2. The molecule has 0 aliphatic rings. The summed E-state index contributed by atoms with van der Waals surface area (Å²) in [5, 5.41) is 49.0. The van der Waals surface area contributed by atoms with Crippen LogP contribution in [-0.4, -0.2) is 44.3 Å². The van der Waals surface area contributed by atoms with Crippen LogP contribution in [0.1, 0.15) is 11.1 Å². The van der Waals surface area contributed by atoms with E-state index in [1.54, 1.807) is 12.1 Å². The van der Waals surface area contributed by atoms with Crippen molar-refractivity contribution in [3.8, 4) is 40.1 Å². The zero-order chi connectivity index (χ0) is 25.8. The summed E-state index contributed by atoms with van der Waals surface area (Å²) in [6.45, 7) is 0.125. The summed E-state index contributed by atoms with van der Waals surface area (Å²) in [5.41, 5.74) is 1.53. The molecule has 1 atom stereocenters. The fraction of sp³-hybridized carbons (Fsp3) is 0.0769. The number of phenolic OH excluding ortho intramolecular Hbond substituents is 5. The van der Waals surface area contributed by atoms with Crippen LogP contribution in [0.25, 0.3) is 28.4 Å². The molecule has 0 radical (unpaired) electrons. The SMILES string of the molecule is O=COC(Cc1ccc(O)c(O)c1)OC(=O)/C=C/c1ccc(O)c2oc(-c3ccc(O)c(O)c3)cc12. The number of aromatic hydroxyl groups is 5. The highest BCUT2D eigenvalue weighted by atomic mass is 16.7. The van der Waals surface area contributed by atoms with Gasteiger partial charge in [-0.2, -0.15) is 0 Å². The highest BCUT2D eigenvalue weighted by molar-refractivity contribution is 5.97. The number of fused-ring (bicyclic) bond motifs is 1. The minimum Gasteiger partial charge on any atom is -0.504 e. The van der Waals surface area contributed by atoms with E-state index >= 15 is 0 Å². The lowest BCUT2D eigenvalue weighted by atomic mass is 10.1. The molecule has 5 N–H and O–H groups in total. The van der Waals surface area contributed by atoms with Crippen molar-refractivity contribution >= 4 is 29.5 Å². The molecule has 0 fully saturated rings. The number of furan rings is 1. The fourth-order valence-corrected chi connectivity index (χ4v) is 3.49. The zero-order valence-electron chi connectivity index (χ0n) is 18.5. The Kier molecular flexibility index (Phi) is 6.68. The summed E-state index contributed by atoms with van der Waals surface area (Å²) in [6.07, 6.45) is 1.16. The predicted molar refractivity (Wildman–Crippen MR) is 126 cm³/mol. The molecule has 1 heterocycles. The summed E-state index contributed by atoms with van der Waals surface area (Å²) in [6, 6.07) is 12.6. The minimum atomic E-state index is -1.29. The number of ether oxygens (including phenoxy) is 2. The van der Waals surface area contributed by atoms with Gasteiger partial charge in [-0.15, -0.1) is 0 Å². The standard InChI is InChI=1S/C26H20O10/c27-13-34-25(10-14-1-5-18(28)21(31)9-14)36-24(33)8-4-15-2-7-20(30)26-17(15)12-23(35-26)16-3-6-19(29)22(32)11-16/h1-9,11-13,25,28-32H,10H2/b8-4+. The molecule has 3 aromatic carbocycles. The molecule has 184 valence electrons. The van der Waals surface area contributed by atoms with Gasteiger partial charge in [-0.1, -0.05) is 12.1 Å². The Bertz CT molecular complexity index is 1470. The number of carbonyl (C=O) groups is 2. The second-order valence-corrected chi connectivity index (χ2v) is 7.69. The number of hydrogen-bond acceptors (Lipinski definition) is 10. The minimum absolute atomic E-state index is 0.0693. The van der Waals surface area contributed by atoms with E-state index in [1.807, 2.05) is 0 Å². The molecule has 36 heavy (non-hydrogen) atoms. The van der Waals surface area contributed by atoms with Gasteiger partial charge in [0.05, 0.1) is 0 Å². The zero-order valence-corrected chi connectivity index (χ0v) is 18.5. The molecule has 4 aromatic rings. The van der Waals surface area contributed by atoms with E-state index in [2.05, 4.69) is 0 Å². The van der Waals surface area contributed by atoms with Crippen molar-refractivity contribution in [1.82, 2.24) is 0 Å². The van der Waals surface area contributed by atoms with Crippen molar-refractivity contribution in [2.75, 3.05) is 0 Å². The van der Waals surface area contributed by atoms with E-state index in [9.17, 15) is 35.1 Å². The molecule has 0 bridgehead atoms. The van der Waals surface area contributed by atoms with Crippen LogP contribution in [0.2, 0.25) is 0 Å². The Hall–Kier alpha value is -5.12. The summed E-state index contributed by atoms with van der Waals surface area (Å²) in [7, 11) is 0. The molecule has 1 unspecified atom stereocenters. The van der Waals surface area contributed by atoms with Crippen LogP contribution < -0.4 is 0 Å². The molecule has 4 rings (SSSR count). The molecule has 0 amide bonds. The van der Waals surface area contributed by atoms with Gasteiger partial charge in [-0.3, -0.25) is 4.79 Å². The maximum Gasteiger partial charge on any atom is 0.333 e. The maximum atomic E-state index is 12.4. The summed E-state index contributed by atoms with van der Waals surface area (Å²) < 4.78 is 15.7. The second-order valence-electron chi connectivity index (χ2n) is 7.69. The number of rotatable bonds is 8. The van der Waals surface area contributed by atoms with Gasteiger partial charge >= 0.3 is 5.97 Å². The predicted octanol–water partition coefficient (Wildman–Crippen LogP) is 3.93. The first-order valence-electron chi connectivity index (χ1n) is 10.5. The van der Waals surface area contributed by atoms with Gasteiger partial charge in [0.1, 0.15) is 5.76 Å². The van der Waals surface area contributed by atoms with Crippen molar-refractivity contribution in [3.05, 3.63) is 71.8 Å². The molecule has 10 heteroatoms. The smallest absolute Gasteiger partial charge is 0.333 e. The molecule has 10 nitrogen and oxygen atoms in total. The average Bonchev–Trinajstić information content (AvgIpc) is 3.29. The molecule has 0 spiro atoms. The summed E-state index contributed by atoms with van der Waals surface area (Å²) in [5.74, 6) is -2.00. The monoisotopic (exact) mass is 492 g/mol. The number of benzene rings is 3. The van der Waals surface area contributed by atoms with Crippen LogP contribution >= 0.6 is 0 Å². The Labute approximate surface area is 203 Å². The Morgan fingerprint density at radius 2 is 1.56 bits per heavy atom. The van der Waals surface area contributed by atoms with Crippen molar-refractivity contribution in [1.29, 1.82) is 0 Å². The van der Waals surface area contributed by atoms with E-state index < -0.39 is 12.3 Å². The molecular formula is C26H20O10. The molecule has 0 aliphatic carbocycles. The van der Waals surface area contributed by atoms with E-state index in [-0.39, 0.29) is 47.2 Å². The number of esters is 1. The van der Waals surface area contributed by atoms with Gasteiger partial charge in [-0.25, -0.2) is 4.79 Å². The molecule has 0 saturated carbocycles. The highest BCUT2D eigenvalue weighted by Crippen LogP contribution is 2.38. The maximum absolute atomic E-state index is 12.4. The summed E-state index contributed by atoms with van der Waals surface area (Å²) >= 11 is 0. The molecule has 0 aliphatic heterocycles. The Balaban J connectivity index is 1.54. The van der Waals surface area contributed by atoms with Gasteiger partial charge in [0.15, 0.2) is 34.3 Å². The first-order chi connectivity index (χ1) is 17.2. The lowest BCUT2D eigenvalue weighted by Gasteiger charge is -2.15. The third-order valence-corrected chi connectivity index (χ3v) is 5.25. The highest BCUT2D eigenvalue weighted by Gasteiger charge is 2.17. The van der Waals surface area contributed by atoms with Crippen LogP contribution in [0.5, 0.6) is 28.7 Å². The number of hydrogen-bond donors (Lipinski definition) is 5. The second kappa shape index (κ2) is 10.0. The van der Waals surface area contributed by atoms with Crippen molar-refractivity contribution < 1.29 is 49.0 Å². The van der Waals surface area contributed by atoms with Gasteiger partial charge < -0.3 is 39.4 Å². The van der Waals surface area contributed by atoms with Gasteiger partial charge in [0.2, 0.25) is 0 Å². The normalized spacial score (nSPS) is 12.0. The van der Waals surface area contributed by atoms with Crippen LogP contribution in [-0.2, 0) is 25.5 Å². The van der Waals surface area contributed by atoms with Crippen LogP contribution in [0.4, 0.5) is 0 Å². The van der Waals surface area contributed by atoms with Gasteiger partial charge in [-0.05, 0) is 59.7 Å². The van der Waals surface area contributed by atoms with Crippen molar-refractivity contribution in [2.24, 2.45) is 0 Å².